The molecule has 0 unspecified atom stereocenters. The molecule has 0 atom stereocenters. The molecule has 0 heterocycles. The zero-order valence-electron chi connectivity index (χ0n) is 10.1. The monoisotopic (exact) mass is 231 g/mol. The molecule has 0 saturated carbocycles. The van der Waals surface area contributed by atoms with Gasteiger partial charge in [0.05, 0.1) is 0 Å². The number of hydrogen-bond donors (Lipinski definition) is 5. The van der Waals surface area contributed by atoms with Gasteiger partial charge in [0.25, 0.3) is 0 Å². The number of nitrogens with one attached hydrogen (secondary N) is 5. The van der Waals surface area contributed by atoms with Crippen LogP contribution in [0.25, 0.3) is 0 Å². The van der Waals surface area contributed by atoms with E-state index < -0.39 is 0 Å². The molecule has 0 fully saturated rings. The van der Waals surface area contributed by atoms with E-state index in [0.29, 0.717) is 13.1 Å². The van der Waals surface area contributed by atoms with E-state index in [1.54, 1.807) is 0 Å². The van der Waals surface area contributed by atoms with Crippen LogP contribution in [0.2, 0.25) is 0 Å². The summed E-state index contributed by atoms with van der Waals surface area (Å²) in [6.07, 6.45) is 0. The average Bonchev–Trinajstić information content (AvgIpc) is 2.31. The van der Waals surface area contributed by atoms with Crippen molar-refractivity contribution in [2.45, 2.75) is 0 Å². The molecule has 0 rings (SSSR count). The van der Waals surface area contributed by atoms with Gasteiger partial charge in [0.15, 0.2) is 0 Å². The van der Waals surface area contributed by atoms with Crippen LogP contribution in [0, 0.1) is 0 Å². The van der Waals surface area contributed by atoms with Gasteiger partial charge in [-0.3, -0.25) is 5.73 Å². The second kappa shape index (κ2) is 14.8. The number of nitrogens with two attached hydrogens (primary N) is 1. The first-order valence-electron chi connectivity index (χ1n) is 6.09. The summed E-state index contributed by atoms with van der Waals surface area (Å²) < 4.78 is 0. The predicted molar refractivity (Wildman–Crippen MR) is 68.5 cm³/mol. The fraction of sp³-hybridized carbons (Fsp3) is 1.00. The Kier molecular flexibility index (Phi) is 14.5. The molecule has 0 aliphatic carbocycles. The Labute approximate surface area is 98.9 Å². The summed E-state index contributed by atoms with van der Waals surface area (Å²) in [5.74, 6) is 0. The summed E-state index contributed by atoms with van der Waals surface area (Å²) in [5, 5.41) is 13.0. The summed E-state index contributed by atoms with van der Waals surface area (Å²) in [6.45, 7) is 8.67. The fourth-order valence-electron chi connectivity index (χ4n) is 1.22. The zero-order valence-corrected chi connectivity index (χ0v) is 10.1. The van der Waals surface area contributed by atoms with E-state index in [4.69, 9.17) is 11.5 Å². The standard InChI is InChI=1S/C10H27N6/c11-1-3-13-5-7-15-9-10-16-8-6-14-4-2-12/h11,13-16H,1-10,12H2. The van der Waals surface area contributed by atoms with E-state index in [1.165, 1.54) is 0 Å². The summed E-state index contributed by atoms with van der Waals surface area (Å²) in [7, 11) is 0. The molecular formula is C10H27N6. The van der Waals surface area contributed by atoms with Crippen LogP contribution < -0.4 is 32.7 Å². The SMILES string of the molecule is [NH]CCNCCNCCNCCNCCN. The average molecular weight is 231 g/mol. The highest BCUT2D eigenvalue weighted by molar-refractivity contribution is 4.56. The lowest BCUT2D eigenvalue weighted by molar-refractivity contribution is 0.568. The van der Waals surface area contributed by atoms with E-state index in [0.717, 1.165) is 52.4 Å². The largest absolute Gasteiger partial charge is 0.329 e. The lowest BCUT2D eigenvalue weighted by Gasteiger charge is -2.07. The third kappa shape index (κ3) is 13.8. The quantitative estimate of drug-likeness (QED) is 0.227. The maximum Gasteiger partial charge on any atom is 0.0225 e. The van der Waals surface area contributed by atoms with E-state index in [2.05, 4.69) is 21.3 Å². The molecule has 97 valence electrons. The van der Waals surface area contributed by atoms with Crippen LogP contribution >= 0.6 is 0 Å². The predicted octanol–water partition coefficient (Wildman–Crippen LogP) is -2.41. The molecule has 6 heteroatoms. The first-order chi connectivity index (χ1) is 7.91. The highest BCUT2D eigenvalue weighted by Crippen LogP contribution is 1.62. The van der Waals surface area contributed by atoms with Gasteiger partial charge in [0.1, 0.15) is 0 Å². The number of rotatable bonds is 13. The lowest BCUT2D eigenvalue weighted by Crippen LogP contribution is -2.36. The van der Waals surface area contributed by atoms with Crippen LogP contribution in [0.15, 0.2) is 0 Å². The minimum absolute atomic E-state index is 0.456. The van der Waals surface area contributed by atoms with Crippen LogP contribution in [-0.2, 0) is 0 Å². The van der Waals surface area contributed by atoms with Crippen molar-refractivity contribution in [3.8, 4) is 0 Å². The van der Waals surface area contributed by atoms with Crippen LogP contribution in [0.1, 0.15) is 0 Å². The van der Waals surface area contributed by atoms with Gasteiger partial charge in [-0.1, -0.05) is 0 Å². The van der Waals surface area contributed by atoms with Crippen molar-refractivity contribution in [2.24, 2.45) is 5.73 Å². The van der Waals surface area contributed by atoms with Gasteiger partial charge < -0.3 is 27.0 Å². The van der Waals surface area contributed by atoms with E-state index >= 15 is 0 Å². The molecule has 16 heavy (non-hydrogen) atoms. The van der Waals surface area contributed by atoms with Crippen molar-refractivity contribution < 1.29 is 0 Å². The van der Waals surface area contributed by atoms with Gasteiger partial charge >= 0.3 is 0 Å². The molecule has 0 aliphatic heterocycles. The van der Waals surface area contributed by atoms with Gasteiger partial charge in [-0.25, -0.2) is 0 Å². The molecule has 0 aromatic heterocycles. The molecular weight excluding hydrogens is 204 g/mol. The van der Waals surface area contributed by atoms with Crippen molar-refractivity contribution in [3.05, 3.63) is 0 Å². The first-order valence-corrected chi connectivity index (χ1v) is 6.09. The molecule has 0 saturated heterocycles. The maximum atomic E-state index is 6.94. The maximum absolute atomic E-state index is 6.94. The molecule has 0 spiro atoms. The summed E-state index contributed by atoms with van der Waals surface area (Å²) in [4.78, 5) is 0. The molecule has 0 amide bonds. The number of hydrogen-bond acceptors (Lipinski definition) is 5. The molecule has 0 aliphatic rings. The van der Waals surface area contributed by atoms with Crippen LogP contribution in [0.5, 0.6) is 0 Å². The second-order valence-electron chi connectivity index (χ2n) is 3.54. The van der Waals surface area contributed by atoms with E-state index in [-0.39, 0.29) is 0 Å². The Bertz CT molecular complexity index is 108. The first kappa shape index (κ1) is 15.8. The van der Waals surface area contributed by atoms with Gasteiger partial charge in [0, 0.05) is 65.4 Å². The second-order valence-corrected chi connectivity index (χ2v) is 3.54. The normalized spacial score (nSPS) is 10.9. The molecule has 1 radical (unpaired) electrons. The minimum Gasteiger partial charge on any atom is -0.329 e. The van der Waals surface area contributed by atoms with Gasteiger partial charge in [0.2, 0.25) is 0 Å². The molecule has 7 N–H and O–H groups in total. The smallest absolute Gasteiger partial charge is 0.0225 e. The zero-order chi connectivity index (χ0) is 11.9. The van der Waals surface area contributed by atoms with Crippen molar-refractivity contribution in [2.75, 3.05) is 65.4 Å². The van der Waals surface area contributed by atoms with Crippen LogP contribution in [-0.4, -0.2) is 65.4 Å². The summed E-state index contributed by atoms with van der Waals surface area (Å²) >= 11 is 0. The van der Waals surface area contributed by atoms with Crippen molar-refractivity contribution in [1.29, 1.82) is 0 Å². The third-order valence-electron chi connectivity index (χ3n) is 2.06. The van der Waals surface area contributed by atoms with Crippen LogP contribution in [0.4, 0.5) is 0 Å². The van der Waals surface area contributed by atoms with Crippen molar-refractivity contribution in [1.82, 2.24) is 27.0 Å². The van der Waals surface area contributed by atoms with Crippen molar-refractivity contribution in [3.63, 3.8) is 0 Å². The van der Waals surface area contributed by atoms with Gasteiger partial charge in [-0.05, 0) is 0 Å². The van der Waals surface area contributed by atoms with Crippen molar-refractivity contribution >= 4 is 0 Å². The highest BCUT2D eigenvalue weighted by atomic mass is 15.0. The lowest BCUT2D eigenvalue weighted by atomic mass is 10.5. The van der Waals surface area contributed by atoms with Crippen LogP contribution in [0.3, 0.4) is 0 Å². The Morgan fingerprint density at radius 2 is 1.00 bits per heavy atom. The van der Waals surface area contributed by atoms with E-state index in [1.807, 2.05) is 0 Å². The third-order valence-corrected chi connectivity index (χ3v) is 2.06. The Balaban J connectivity index is 2.83. The molecule has 0 aromatic rings. The summed E-state index contributed by atoms with van der Waals surface area (Å²) in [5.41, 5.74) is 12.3. The molecule has 0 bridgehead atoms. The summed E-state index contributed by atoms with van der Waals surface area (Å²) in [6, 6.07) is 0. The van der Waals surface area contributed by atoms with E-state index in [9.17, 15) is 0 Å². The van der Waals surface area contributed by atoms with Gasteiger partial charge in [-0.15, -0.1) is 0 Å². The molecule has 0 aromatic carbocycles. The Morgan fingerprint density at radius 1 is 0.625 bits per heavy atom. The topological polar surface area (TPSA) is 97.9 Å². The Morgan fingerprint density at radius 3 is 1.38 bits per heavy atom. The highest BCUT2D eigenvalue weighted by Gasteiger charge is 1.89. The van der Waals surface area contributed by atoms with Gasteiger partial charge in [-0.2, -0.15) is 0 Å². The molecule has 6 nitrogen and oxygen atoms in total. The fourth-order valence-corrected chi connectivity index (χ4v) is 1.22. The Hall–Kier alpha value is -0.240. The minimum atomic E-state index is 0.456.